The zero-order valence-electron chi connectivity index (χ0n) is 18.9. The molecule has 0 aliphatic carbocycles. The van der Waals surface area contributed by atoms with Crippen LogP contribution in [0.3, 0.4) is 0 Å². The fourth-order valence-electron chi connectivity index (χ4n) is 3.13. The molecule has 0 aliphatic rings. The predicted molar refractivity (Wildman–Crippen MR) is 125 cm³/mol. The van der Waals surface area contributed by atoms with Gasteiger partial charge in [-0.2, -0.15) is 0 Å². The van der Waals surface area contributed by atoms with Gasteiger partial charge in [0, 0.05) is 23.5 Å². The third-order valence-corrected chi connectivity index (χ3v) is 5.02. The molecular formula is C25H33ClN2O3. The molecule has 0 spiro atoms. The highest BCUT2D eigenvalue weighted by atomic mass is 35.5. The van der Waals surface area contributed by atoms with Crippen molar-refractivity contribution in [1.82, 2.24) is 10.2 Å². The lowest BCUT2D eigenvalue weighted by molar-refractivity contribution is -0.140. The number of hydrogen-bond donors (Lipinski definition) is 1. The van der Waals surface area contributed by atoms with Crippen LogP contribution in [-0.2, 0) is 16.0 Å². The molecule has 0 fully saturated rings. The maximum absolute atomic E-state index is 13.0. The Bertz CT molecular complexity index is 832. The molecule has 168 valence electrons. The van der Waals surface area contributed by atoms with Gasteiger partial charge in [-0.15, -0.1) is 0 Å². The van der Waals surface area contributed by atoms with Crippen LogP contribution in [0.15, 0.2) is 54.6 Å². The molecule has 0 bridgehead atoms. The highest BCUT2D eigenvalue weighted by Crippen LogP contribution is 2.16. The van der Waals surface area contributed by atoms with Crippen molar-refractivity contribution in [3.05, 3.63) is 65.2 Å². The number of ether oxygens (including phenoxy) is 1. The fourth-order valence-corrected chi connectivity index (χ4v) is 3.26. The molecule has 0 radical (unpaired) electrons. The Hall–Kier alpha value is -2.53. The highest BCUT2D eigenvalue weighted by Gasteiger charge is 2.27. The molecule has 1 N–H and O–H groups in total. The number of rotatable bonds is 10. The Morgan fingerprint density at radius 2 is 1.71 bits per heavy atom. The summed E-state index contributed by atoms with van der Waals surface area (Å²) in [4.78, 5) is 27.4. The molecule has 0 saturated heterocycles. The van der Waals surface area contributed by atoms with Crippen molar-refractivity contribution in [2.45, 2.75) is 58.5 Å². The van der Waals surface area contributed by atoms with Crippen molar-refractivity contribution in [3.63, 3.8) is 0 Å². The molecular weight excluding hydrogens is 412 g/mol. The second-order valence-electron chi connectivity index (χ2n) is 8.64. The molecule has 31 heavy (non-hydrogen) atoms. The van der Waals surface area contributed by atoms with Crippen LogP contribution in [0.25, 0.3) is 0 Å². The van der Waals surface area contributed by atoms with Gasteiger partial charge in [0.05, 0.1) is 6.61 Å². The molecule has 2 aromatic rings. The van der Waals surface area contributed by atoms with Crippen LogP contribution >= 0.6 is 11.6 Å². The lowest BCUT2D eigenvalue weighted by atomic mass is 10.1. The van der Waals surface area contributed by atoms with E-state index in [0.717, 1.165) is 11.3 Å². The number of amides is 2. The quantitative estimate of drug-likeness (QED) is 0.531. The summed E-state index contributed by atoms with van der Waals surface area (Å²) in [7, 11) is 0. The summed E-state index contributed by atoms with van der Waals surface area (Å²) in [6.45, 7) is 8.49. The number of nitrogens with one attached hydrogen (secondary N) is 1. The third kappa shape index (κ3) is 9.01. The number of nitrogens with zero attached hydrogens (tertiary/aromatic N) is 1. The SMILES string of the molecule is C[C@@H](C(=O)NC(C)(C)C)N(CCc1ccccc1)C(=O)CCCOc1ccc(Cl)cc1. The topological polar surface area (TPSA) is 58.6 Å². The van der Waals surface area contributed by atoms with Crippen molar-refractivity contribution in [1.29, 1.82) is 0 Å². The minimum atomic E-state index is -0.548. The van der Waals surface area contributed by atoms with Crippen LogP contribution in [0.5, 0.6) is 5.75 Å². The van der Waals surface area contributed by atoms with Gasteiger partial charge in [-0.25, -0.2) is 0 Å². The predicted octanol–water partition coefficient (Wildman–Crippen LogP) is 4.87. The van der Waals surface area contributed by atoms with Gasteiger partial charge in [0.25, 0.3) is 0 Å². The summed E-state index contributed by atoms with van der Waals surface area (Å²) >= 11 is 5.88. The Labute approximate surface area is 190 Å². The molecule has 0 aliphatic heterocycles. The Morgan fingerprint density at radius 1 is 1.06 bits per heavy atom. The van der Waals surface area contributed by atoms with Gasteiger partial charge in [-0.1, -0.05) is 41.9 Å². The van der Waals surface area contributed by atoms with E-state index in [-0.39, 0.29) is 17.4 Å². The van der Waals surface area contributed by atoms with Gasteiger partial charge in [0.2, 0.25) is 11.8 Å². The third-order valence-electron chi connectivity index (χ3n) is 4.77. The second-order valence-corrected chi connectivity index (χ2v) is 9.08. The van der Waals surface area contributed by atoms with Crippen molar-refractivity contribution < 1.29 is 14.3 Å². The minimum Gasteiger partial charge on any atom is -0.494 e. The molecule has 2 aromatic carbocycles. The Balaban J connectivity index is 1.95. The lowest BCUT2D eigenvalue weighted by Gasteiger charge is -2.31. The first-order valence-corrected chi connectivity index (χ1v) is 11.1. The average molecular weight is 445 g/mol. The molecule has 0 aromatic heterocycles. The normalized spacial score (nSPS) is 12.2. The molecule has 1 atom stereocenters. The standard InChI is InChI=1S/C25H33ClN2O3/c1-19(24(30)27-25(2,3)4)28(17-16-20-9-6-5-7-10-20)23(29)11-8-18-31-22-14-12-21(26)13-15-22/h5-7,9-10,12-15,19H,8,11,16-18H2,1-4H3,(H,27,30)/t19-/m0/s1. The van der Waals surface area contributed by atoms with E-state index in [1.165, 1.54) is 0 Å². The first-order chi connectivity index (χ1) is 14.7. The van der Waals surface area contributed by atoms with Crippen LogP contribution in [0.2, 0.25) is 5.02 Å². The number of halogens is 1. The Morgan fingerprint density at radius 3 is 2.32 bits per heavy atom. The van der Waals surface area contributed by atoms with Crippen LogP contribution in [-0.4, -0.2) is 41.4 Å². The lowest BCUT2D eigenvalue weighted by Crippen LogP contribution is -2.53. The number of hydrogen-bond acceptors (Lipinski definition) is 3. The molecule has 6 heteroatoms. The minimum absolute atomic E-state index is 0.0489. The molecule has 0 unspecified atom stereocenters. The zero-order valence-corrected chi connectivity index (χ0v) is 19.6. The van der Waals surface area contributed by atoms with Crippen molar-refractivity contribution >= 4 is 23.4 Å². The number of benzene rings is 2. The largest absolute Gasteiger partial charge is 0.494 e. The van der Waals surface area contributed by atoms with Gasteiger partial charge in [-0.3, -0.25) is 9.59 Å². The zero-order chi connectivity index (χ0) is 22.9. The molecule has 2 rings (SSSR count). The smallest absolute Gasteiger partial charge is 0.242 e. The molecule has 0 saturated carbocycles. The summed E-state index contributed by atoms with van der Waals surface area (Å²) in [6, 6.07) is 16.6. The van der Waals surface area contributed by atoms with E-state index >= 15 is 0 Å². The number of carbonyl (C=O) groups is 2. The van der Waals surface area contributed by atoms with Gasteiger partial charge in [0.15, 0.2) is 0 Å². The van der Waals surface area contributed by atoms with Crippen LogP contribution in [0.1, 0.15) is 46.1 Å². The summed E-state index contributed by atoms with van der Waals surface area (Å²) in [5.41, 5.74) is 0.779. The van der Waals surface area contributed by atoms with Crippen molar-refractivity contribution in [2.24, 2.45) is 0 Å². The van der Waals surface area contributed by atoms with Gasteiger partial charge in [0.1, 0.15) is 11.8 Å². The van der Waals surface area contributed by atoms with E-state index < -0.39 is 6.04 Å². The molecule has 5 nitrogen and oxygen atoms in total. The summed E-state index contributed by atoms with van der Waals surface area (Å²) in [6.07, 6.45) is 1.58. The first kappa shape index (κ1) is 24.7. The van der Waals surface area contributed by atoms with Gasteiger partial charge in [-0.05, 0) is 70.4 Å². The van der Waals surface area contributed by atoms with E-state index in [2.05, 4.69) is 5.32 Å². The van der Waals surface area contributed by atoms with Gasteiger partial charge >= 0.3 is 0 Å². The average Bonchev–Trinajstić information content (AvgIpc) is 2.72. The maximum atomic E-state index is 13.0. The molecule has 2 amide bonds. The summed E-state index contributed by atoms with van der Waals surface area (Å²) in [5, 5.41) is 3.63. The van der Waals surface area contributed by atoms with E-state index in [0.29, 0.717) is 37.4 Å². The fraction of sp³-hybridized carbons (Fsp3) is 0.440. The van der Waals surface area contributed by atoms with Crippen molar-refractivity contribution in [3.8, 4) is 5.75 Å². The van der Waals surface area contributed by atoms with Crippen LogP contribution in [0.4, 0.5) is 0 Å². The first-order valence-electron chi connectivity index (χ1n) is 10.7. The monoisotopic (exact) mass is 444 g/mol. The second kappa shape index (κ2) is 11.8. The summed E-state index contributed by atoms with van der Waals surface area (Å²) < 4.78 is 5.69. The van der Waals surface area contributed by atoms with E-state index in [9.17, 15) is 9.59 Å². The maximum Gasteiger partial charge on any atom is 0.242 e. The van der Waals surface area contributed by atoms with Crippen LogP contribution in [0, 0.1) is 0 Å². The highest BCUT2D eigenvalue weighted by molar-refractivity contribution is 6.30. The van der Waals surface area contributed by atoms with E-state index in [1.807, 2.05) is 51.1 Å². The molecule has 0 heterocycles. The Kier molecular flexibility index (Phi) is 9.38. The van der Waals surface area contributed by atoms with E-state index in [1.54, 1.807) is 36.1 Å². The van der Waals surface area contributed by atoms with E-state index in [4.69, 9.17) is 16.3 Å². The van der Waals surface area contributed by atoms with Gasteiger partial charge < -0.3 is 15.0 Å². The van der Waals surface area contributed by atoms with Crippen LogP contribution < -0.4 is 10.1 Å². The van der Waals surface area contributed by atoms with Crippen molar-refractivity contribution in [2.75, 3.05) is 13.2 Å². The number of carbonyl (C=O) groups excluding carboxylic acids is 2. The summed E-state index contributed by atoms with van der Waals surface area (Å²) in [5.74, 6) is 0.522.